The van der Waals surface area contributed by atoms with Crippen molar-refractivity contribution >= 4 is 24.3 Å². The van der Waals surface area contributed by atoms with E-state index in [9.17, 15) is 14.7 Å². The number of aliphatic carboxylic acids is 1. The van der Waals surface area contributed by atoms with Crippen LogP contribution in [0, 0.1) is 0 Å². The van der Waals surface area contributed by atoms with Crippen LogP contribution in [0.3, 0.4) is 0 Å². The highest BCUT2D eigenvalue weighted by Gasteiger charge is 2.21. The molecule has 0 bridgehead atoms. The zero-order valence-electron chi connectivity index (χ0n) is 9.76. The van der Waals surface area contributed by atoms with Gasteiger partial charge in [-0.25, -0.2) is 0 Å². The SMILES string of the molecule is C[N+](C)(C)CC(CC(=O)[O-])OC(=O)CN.Cl. The quantitative estimate of drug-likeness (QED) is 0.443. The zero-order chi connectivity index (χ0) is 12.1. The Morgan fingerprint density at radius 2 is 1.88 bits per heavy atom. The average molecular weight is 255 g/mol. The van der Waals surface area contributed by atoms with Gasteiger partial charge in [-0.1, -0.05) is 0 Å². The van der Waals surface area contributed by atoms with Crippen molar-refractivity contribution in [2.24, 2.45) is 5.73 Å². The predicted molar refractivity (Wildman–Crippen MR) is 58.7 cm³/mol. The zero-order valence-corrected chi connectivity index (χ0v) is 10.6. The third-order valence-corrected chi connectivity index (χ3v) is 1.61. The fourth-order valence-electron chi connectivity index (χ4n) is 1.17. The van der Waals surface area contributed by atoms with Gasteiger partial charge in [-0.15, -0.1) is 12.4 Å². The lowest BCUT2D eigenvalue weighted by molar-refractivity contribution is -0.873. The minimum Gasteiger partial charge on any atom is -0.550 e. The Bertz CT molecular complexity index is 240. The van der Waals surface area contributed by atoms with Gasteiger partial charge in [0.2, 0.25) is 0 Å². The van der Waals surface area contributed by atoms with Gasteiger partial charge >= 0.3 is 5.97 Å². The van der Waals surface area contributed by atoms with Gasteiger partial charge in [0.1, 0.15) is 6.54 Å². The van der Waals surface area contributed by atoms with E-state index in [1.165, 1.54) is 0 Å². The van der Waals surface area contributed by atoms with E-state index < -0.39 is 18.0 Å². The Kier molecular flexibility index (Phi) is 8.14. The van der Waals surface area contributed by atoms with Crippen molar-refractivity contribution in [2.75, 3.05) is 34.2 Å². The summed E-state index contributed by atoms with van der Waals surface area (Å²) in [4.78, 5) is 21.3. The third kappa shape index (κ3) is 9.70. The van der Waals surface area contributed by atoms with E-state index in [2.05, 4.69) is 0 Å². The van der Waals surface area contributed by atoms with E-state index >= 15 is 0 Å². The largest absolute Gasteiger partial charge is 0.550 e. The molecular weight excluding hydrogens is 236 g/mol. The Balaban J connectivity index is 0. The summed E-state index contributed by atoms with van der Waals surface area (Å²) in [5.41, 5.74) is 5.07. The summed E-state index contributed by atoms with van der Waals surface area (Å²) < 4.78 is 5.38. The third-order valence-electron chi connectivity index (χ3n) is 1.61. The molecule has 2 N–H and O–H groups in total. The first-order valence-electron chi connectivity index (χ1n) is 4.64. The molecular formula is C9H19ClN2O4. The fourth-order valence-corrected chi connectivity index (χ4v) is 1.17. The molecule has 0 spiro atoms. The van der Waals surface area contributed by atoms with Crippen LogP contribution in [0.25, 0.3) is 0 Å². The number of hydrogen-bond acceptors (Lipinski definition) is 5. The van der Waals surface area contributed by atoms with E-state index in [0.29, 0.717) is 11.0 Å². The molecule has 0 aromatic rings. The van der Waals surface area contributed by atoms with Crippen LogP contribution in [0.2, 0.25) is 0 Å². The minimum absolute atomic E-state index is 0. The number of quaternary nitrogens is 1. The number of carbonyl (C=O) groups is 2. The van der Waals surface area contributed by atoms with Gasteiger partial charge in [0.15, 0.2) is 6.10 Å². The number of esters is 1. The molecule has 0 radical (unpaired) electrons. The molecule has 0 aromatic heterocycles. The van der Waals surface area contributed by atoms with Crippen LogP contribution in [0.15, 0.2) is 0 Å². The first-order chi connectivity index (χ1) is 6.74. The maximum Gasteiger partial charge on any atom is 0.320 e. The summed E-state index contributed by atoms with van der Waals surface area (Å²) in [6.45, 7) is 0.153. The normalized spacial score (nSPS) is 12.5. The number of hydrogen-bond donors (Lipinski definition) is 1. The van der Waals surface area contributed by atoms with E-state index in [-0.39, 0.29) is 25.4 Å². The Morgan fingerprint density at radius 1 is 1.38 bits per heavy atom. The molecule has 0 aliphatic rings. The fraction of sp³-hybridized carbons (Fsp3) is 0.778. The van der Waals surface area contributed by atoms with Crippen LogP contribution in [-0.4, -0.2) is 56.8 Å². The van der Waals surface area contributed by atoms with E-state index in [1.807, 2.05) is 21.1 Å². The number of nitrogens with two attached hydrogens (primary N) is 1. The smallest absolute Gasteiger partial charge is 0.320 e. The lowest BCUT2D eigenvalue weighted by atomic mass is 10.2. The topological polar surface area (TPSA) is 92.5 Å². The summed E-state index contributed by atoms with van der Waals surface area (Å²) in [5.74, 6) is -1.84. The maximum atomic E-state index is 10.9. The van der Waals surface area contributed by atoms with Crippen LogP contribution in [0.1, 0.15) is 6.42 Å². The van der Waals surface area contributed by atoms with Gasteiger partial charge in [-0.2, -0.15) is 0 Å². The Morgan fingerprint density at radius 3 is 2.19 bits per heavy atom. The molecule has 1 unspecified atom stereocenters. The van der Waals surface area contributed by atoms with Gasteiger partial charge in [0, 0.05) is 12.4 Å². The second kappa shape index (κ2) is 7.43. The summed E-state index contributed by atoms with van der Waals surface area (Å²) >= 11 is 0. The summed E-state index contributed by atoms with van der Waals surface area (Å²) in [6, 6.07) is 0. The van der Waals surface area contributed by atoms with Crippen LogP contribution in [0.5, 0.6) is 0 Å². The summed E-state index contributed by atoms with van der Waals surface area (Å²) in [6.07, 6.45) is -0.993. The second-order valence-corrected chi connectivity index (χ2v) is 4.37. The van der Waals surface area contributed by atoms with Crippen LogP contribution in [0.4, 0.5) is 0 Å². The van der Waals surface area contributed by atoms with Gasteiger partial charge < -0.3 is 24.9 Å². The molecule has 6 nitrogen and oxygen atoms in total. The van der Waals surface area contributed by atoms with Crippen LogP contribution < -0.4 is 10.8 Å². The number of ether oxygens (including phenoxy) is 1. The first kappa shape index (κ1) is 17.5. The number of nitrogens with zero attached hydrogens (tertiary/aromatic N) is 1. The Hall–Kier alpha value is -0.850. The number of carboxylic acid groups (broad SMARTS) is 1. The lowest BCUT2D eigenvalue weighted by Crippen LogP contribution is -2.45. The highest BCUT2D eigenvalue weighted by molar-refractivity contribution is 5.85. The summed E-state index contributed by atoms with van der Waals surface area (Å²) in [5, 5.41) is 10.4. The number of halogens is 1. The van der Waals surface area contributed by atoms with Crippen LogP contribution in [-0.2, 0) is 14.3 Å². The van der Waals surface area contributed by atoms with Crippen molar-refractivity contribution in [2.45, 2.75) is 12.5 Å². The van der Waals surface area contributed by atoms with Gasteiger partial charge in [-0.05, 0) is 0 Å². The van der Waals surface area contributed by atoms with E-state index in [1.54, 1.807) is 0 Å². The number of carbonyl (C=O) groups excluding carboxylic acids is 2. The average Bonchev–Trinajstić information content (AvgIpc) is 1.99. The molecule has 0 saturated heterocycles. The number of likely N-dealkylation sites (N-methyl/N-ethyl adjacent to an activating group) is 1. The molecule has 96 valence electrons. The van der Waals surface area contributed by atoms with Crippen molar-refractivity contribution in [1.29, 1.82) is 0 Å². The van der Waals surface area contributed by atoms with Gasteiger partial charge in [0.05, 0.1) is 27.7 Å². The van der Waals surface area contributed by atoms with Crippen molar-refractivity contribution in [3.63, 3.8) is 0 Å². The monoisotopic (exact) mass is 254 g/mol. The molecule has 0 aliphatic heterocycles. The van der Waals surface area contributed by atoms with E-state index in [0.717, 1.165) is 0 Å². The number of rotatable bonds is 6. The molecule has 16 heavy (non-hydrogen) atoms. The molecule has 0 rings (SSSR count). The highest BCUT2D eigenvalue weighted by Crippen LogP contribution is 2.04. The molecule has 1 atom stereocenters. The maximum absolute atomic E-state index is 10.9. The minimum atomic E-state index is -1.24. The molecule has 0 amide bonds. The molecule has 0 aromatic carbocycles. The molecule has 7 heteroatoms. The predicted octanol–water partition coefficient (Wildman–Crippen LogP) is -1.88. The van der Waals surface area contributed by atoms with Gasteiger partial charge in [0.25, 0.3) is 0 Å². The second-order valence-electron chi connectivity index (χ2n) is 4.37. The highest BCUT2D eigenvalue weighted by atomic mass is 35.5. The number of carboxylic acids is 1. The molecule has 0 saturated carbocycles. The van der Waals surface area contributed by atoms with Crippen LogP contribution >= 0.6 is 12.4 Å². The molecule has 0 aliphatic carbocycles. The van der Waals surface area contributed by atoms with Gasteiger partial charge in [-0.3, -0.25) is 4.79 Å². The van der Waals surface area contributed by atoms with Crippen molar-refractivity contribution in [3.8, 4) is 0 Å². The standard InChI is InChI=1S/C9H18N2O4.ClH/c1-11(2,3)6-7(4-8(12)13)15-9(14)5-10;/h7H,4-6,10H2,1-3H3;1H. The molecule has 0 heterocycles. The lowest BCUT2D eigenvalue weighted by Gasteiger charge is -2.29. The first-order valence-corrected chi connectivity index (χ1v) is 4.64. The molecule has 0 fully saturated rings. The summed E-state index contributed by atoms with van der Waals surface area (Å²) in [7, 11) is 5.62. The van der Waals surface area contributed by atoms with Crippen molar-refractivity contribution < 1.29 is 23.9 Å². The Labute approximate surface area is 101 Å². The van der Waals surface area contributed by atoms with Crippen molar-refractivity contribution in [3.05, 3.63) is 0 Å². The van der Waals surface area contributed by atoms with Crippen molar-refractivity contribution in [1.82, 2.24) is 0 Å². The van der Waals surface area contributed by atoms with E-state index in [4.69, 9.17) is 10.5 Å².